The Hall–Kier alpha value is -1.03. The molecule has 0 aromatic heterocycles. The third-order valence-electron chi connectivity index (χ3n) is 2.81. The van der Waals surface area contributed by atoms with Crippen LogP contribution in [0.25, 0.3) is 0 Å². The average Bonchev–Trinajstić information content (AvgIpc) is 2.33. The van der Waals surface area contributed by atoms with E-state index in [1.54, 1.807) is 6.92 Å². The van der Waals surface area contributed by atoms with Crippen LogP contribution in [-0.4, -0.2) is 18.1 Å². The summed E-state index contributed by atoms with van der Waals surface area (Å²) in [6.07, 6.45) is 0.426. The van der Waals surface area contributed by atoms with Gasteiger partial charge in [-0.25, -0.2) is 0 Å². The lowest BCUT2D eigenvalue weighted by Gasteiger charge is -2.18. The predicted molar refractivity (Wildman–Crippen MR) is 76.9 cm³/mol. The number of carbonyl (C=O) groups excluding carboxylic acids is 1. The molecule has 18 heavy (non-hydrogen) atoms. The maximum atomic E-state index is 11.8. The predicted octanol–water partition coefficient (Wildman–Crippen LogP) is 3.44. The summed E-state index contributed by atoms with van der Waals surface area (Å²) >= 11 is 3.43. The Morgan fingerprint density at radius 2 is 2.11 bits per heavy atom. The summed E-state index contributed by atoms with van der Waals surface area (Å²) in [5.74, 6) is 0.632. The number of carbonyl (C=O) groups is 1. The van der Waals surface area contributed by atoms with Crippen LogP contribution >= 0.6 is 15.9 Å². The molecule has 1 N–H and O–H groups in total. The zero-order chi connectivity index (χ0) is 13.7. The summed E-state index contributed by atoms with van der Waals surface area (Å²) in [5, 5.41) is 2.90. The molecule has 1 rings (SSSR count). The van der Waals surface area contributed by atoms with Crippen molar-refractivity contribution in [2.75, 3.05) is 0 Å². The summed E-state index contributed by atoms with van der Waals surface area (Å²) in [6, 6.07) is 5.86. The first-order valence-electron chi connectivity index (χ1n) is 6.17. The summed E-state index contributed by atoms with van der Waals surface area (Å²) < 4.78 is 6.66. The van der Waals surface area contributed by atoms with E-state index in [1.165, 1.54) is 0 Å². The van der Waals surface area contributed by atoms with Gasteiger partial charge in [-0.15, -0.1) is 0 Å². The van der Waals surface area contributed by atoms with Gasteiger partial charge in [0.25, 0.3) is 5.91 Å². The van der Waals surface area contributed by atoms with Crippen LogP contribution < -0.4 is 10.1 Å². The van der Waals surface area contributed by atoms with E-state index >= 15 is 0 Å². The lowest BCUT2D eigenvalue weighted by molar-refractivity contribution is -0.127. The van der Waals surface area contributed by atoms with Crippen molar-refractivity contribution in [3.05, 3.63) is 28.2 Å². The molecule has 1 aromatic rings. The molecule has 0 aliphatic carbocycles. The van der Waals surface area contributed by atoms with Crippen LogP contribution in [0, 0.1) is 6.92 Å². The highest BCUT2D eigenvalue weighted by molar-refractivity contribution is 9.10. The summed E-state index contributed by atoms with van der Waals surface area (Å²) in [4.78, 5) is 11.8. The van der Waals surface area contributed by atoms with Crippen LogP contribution in [0.3, 0.4) is 0 Å². The van der Waals surface area contributed by atoms with E-state index in [4.69, 9.17) is 4.74 Å². The molecule has 0 saturated heterocycles. The monoisotopic (exact) mass is 313 g/mol. The van der Waals surface area contributed by atoms with E-state index < -0.39 is 6.10 Å². The third kappa shape index (κ3) is 4.33. The van der Waals surface area contributed by atoms with Gasteiger partial charge in [-0.2, -0.15) is 0 Å². The SMILES string of the molecule is CCC(C)NC(=O)C(C)Oc1ccc(Br)c(C)c1. The molecule has 100 valence electrons. The highest BCUT2D eigenvalue weighted by atomic mass is 79.9. The van der Waals surface area contributed by atoms with Crippen molar-refractivity contribution in [2.24, 2.45) is 0 Å². The van der Waals surface area contributed by atoms with Gasteiger partial charge >= 0.3 is 0 Å². The van der Waals surface area contributed by atoms with Gasteiger partial charge in [-0.05, 0) is 51.0 Å². The van der Waals surface area contributed by atoms with Gasteiger partial charge in [-0.1, -0.05) is 22.9 Å². The molecule has 0 saturated carbocycles. The van der Waals surface area contributed by atoms with E-state index in [2.05, 4.69) is 21.2 Å². The van der Waals surface area contributed by atoms with Crippen LogP contribution in [0.15, 0.2) is 22.7 Å². The number of hydrogen-bond donors (Lipinski definition) is 1. The molecule has 0 fully saturated rings. The molecule has 0 radical (unpaired) electrons. The van der Waals surface area contributed by atoms with Crippen LogP contribution in [0.5, 0.6) is 5.75 Å². The molecule has 1 aromatic carbocycles. The van der Waals surface area contributed by atoms with Gasteiger partial charge in [0.2, 0.25) is 0 Å². The third-order valence-corrected chi connectivity index (χ3v) is 3.70. The number of aryl methyl sites for hydroxylation is 1. The minimum absolute atomic E-state index is 0.0788. The Bertz CT molecular complexity index is 420. The Balaban J connectivity index is 2.60. The Labute approximate surface area is 117 Å². The van der Waals surface area contributed by atoms with Gasteiger partial charge in [0, 0.05) is 10.5 Å². The largest absolute Gasteiger partial charge is 0.481 e. The molecule has 3 nitrogen and oxygen atoms in total. The van der Waals surface area contributed by atoms with E-state index in [9.17, 15) is 4.79 Å². The first-order valence-corrected chi connectivity index (χ1v) is 6.96. The fourth-order valence-corrected chi connectivity index (χ4v) is 1.66. The Kier molecular flexibility index (Phi) is 5.66. The summed E-state index contributed by atoms with van der Waals surface area (Å²) in [6.45, 7) is 7.76. The molecule has 4 heteroatoms. The van der Waals surface area contributed by atoms with Gasteiger partial charge in [-0.3, -0.25) is 4.79 Å². The first kappa shape index (κ1) is 15.0. The molecule has 1 amide bonds. The van der Waals surface area contributed by atoms with Crippen LogP contribution in [0.2, 0.25) is 0 Å². The molecule has 2 unspecified atom stereocenters. The smallest absolute Gasteiger partial charge is 0.260 e. The van der Waals surface area contributed by atoms with Crippen molar-refractivity contribution in [1.29, 1.82) is 0 Å². The fraction of sp³-hybridized carbons (Fsp3) is 0.500. The fourth-order valence-electron chi connectivity index (χ4n) is 1.41. The van der Waals surface area contributed by atoms with Gasteiger partial charge in [0.15, 0.2) is 6.10 Å². The lowest BCUT2D eigenvalue weighted by atomic mass is 10.2. The zero-order valence-electron chi connectivity index (χ0n) is 11.3. The summed E-state index contributed by atoms with van der Waals surface area (Å²) in [5.41, 5.74) is 1.09. The second kappa shape index (κ2) is 6.78. The lowest BCUT2D eigenvalue weighted by Crippen LogP contribution is -2.40. The van der Waals surface area contributed by atoms with E-state index in [1.807, 2.05) is 39.0 Å². The maximum Gasteiger partial charge on any atom is 0.260 e. The zero-order valence-corrected chi connectivity index (χ0v) is 12.9. The highest BCUT2D eigenvalue weighted by Crippen LogP contribution is 2.22. The van der Waals surface area contributed by atoms with E-state index in [0.29, 0.717) is 5.75 Å². The molecule has 0 aliphatic heterocycles. The number of rotatable bonds is 5. The number of benzene rings is 1. The standard InChI is InChI=1S/C14H20BrNO2/c1-5-10(3)16-14(17)11(4)18-12-6-7-13(15)9(2)8-12/h6-8,10-11H,5H2,1-4H3,(H,16,17). The second-order valence-electron chi connectivity index (χ2n) is 4.49. The number of nitrogens with one attached hydrogen (secondary N) is 1. The molecule has 0 bridgehead atoms. The molecule has 0 heterocycles. The number of halogens is 1. The number of hydrogen-bond acceptors (Lipinski definition) is 2. The molecule has 0 spiro atoms. The van der Waals surface area contributed by atoms with Crippen LogP contribution in [0.4, 0.5) is 0 Å². The van der Waals surface area contributed by atoms with Crippen molar-refractivity contribution in [1.82, 2.24) is 5.32 Å². The first-order chi connectivity index (χ1) is 8.43. The Morgan fingerprint density at radius 3 is 2.67 bits per heavy atom. The van der Waals surface area contributed by atoms with Crippen molar-refractivity contribution in [2.45, 2.75) is 46.3 Å². The minimum Gasteiger partial charge on any atom is -0.481 e. The van der Waals surface area contributed by atoms with E-state index in [-0.39, 0.29) is 11.9 Å². The average molecular weight is 314 g/mol. The van der Waals surface area contributed by atoms with Crippen molar-refractivity contribution in [3.8, 4) is 5.75 Å². The molecule has 2 atom stereocenters. The summed E-state index contributed by atoms with van der Waals surface area (Å²) in [7, 11) is 0. The Morgan fingerprint density at radius 1 is 1.44 bits per heavy atom. The molecular formula is C14H20BrNO2. The maximum absolute atomic E-state index is 11.8. The van der Waals surface area contributed by atoms with Crippen molar-refractivity contribution < 1.29 is 9.53 Å². The number of ether oxygens (including phenoxy) is 1. The highest BCUT2D eigenvalue weighted by Gasteiger charge is 2.16. The molecule has 0 aliphatic rings. The van der Waals surface area contributed by atoms with E-state index in [0.717, 1.165) is 16.5 Å². The minimum atomic E-state index is -0.487. The van der Waals surface area contributed by atoms with Crippen molar-refractivity contribution >= 4 is 21.8 Å². The quantitative estimate of drug-likeness (QED) is 0.904. The van der Waals surface area contributed by atoms with Crippen LogP contribution in [0.1, 0.15) is 32.8 Å². The molecular weight excluding hydrogens is 294 g/mol. The van der Waals surface area contributed by atoms with Crippen LogP contribution in [-0.2, 0) is 4.79 Å². The topological polar surface area (TPSA) is 38.3 Å². The normalized spacial score (nSPS) is 13.8. The van der Waals surface area contributed by atoms with Gasteiger partial charge < -0.3 is 10.1 Å². The second-order valence-corrected chi connectivity index (χ2v) is 5.34. The van der Waals surface area contributed by atoms with Gasteiger partial charge in [0.1, 0.15) is 5.75 Å². The number of amides is 1. The van der Waals surface area contributed by atoms with Crippen molar-refractivity contribution in [3.63, 3.8) is 0 Å². The van der Waals surface area contributed by atoms with Gasteiger partial charge in [0.05, 0.1) is 0 Å².